The predicted octanol–water partition coefficient (Wildman–Crippen LogP) is 1.43. The van der Waals surface area contributed by atoms with Crippen LogP contribution in [-0.2, 0) is 0 Å². The van der Waals surface area contributed by atoms with E-state index in [0.29, 0.717) is 0 Å². The van der Waals surface area contributed by atoms with E-state index in [1.165, 1.54) is 6.07 Å². The average molecular weight is 199 g/mol. The first-order valence-electron chi connectivity index (χ1n) is 3.92. The molecule has 3 nitrogen and oxygen atoms in total. The van der Waals surface area contributed by atoms with E-state index in [0.717, 1.165) is 12.1 Å². The minimum atomic E-state index is -1.72. The number of benzene rings is 1. The molecule has 0 radical (unpaired) electrons. The summed E-state index contributed by atoms with van der Waals surface area (Å²) in [6.07, 6.45) is -1.72. The van der Waals surface area contributed by atoms with Gasteiger partial charge in [0.15, 0.2) is 6.29 Å². The van der Waals surface area contributed by atoms with Crippen LogP contribution < -0.4 is 0 Å². The number of hydrogen-bond donors (Lipinski definition) is 3. The predicted molar refractivity (Wildman–Crippen MR) is 45.4 cm³/mol. The second-order valence-corrected chi connectivity index (χ2v) is 2.95. The zero-order valence-electron chi connectivity index (χ0n) is 6.96. The van der Waals surface area contributed by atoms with Crippen LogP contribution in [0.2, 0.25) is 0 Å². The van der Waals surface area contributed by atoms with Crippen molar-refractivity contribution in [1.82, 2.24) is 4.98 Å². The molecule has 2 rings (SSSR count). The Morgan fingerprint density at radius 1 is 1.14 bits per heavy atom. The van der Waals surface area contributed by atoms with Gasteiger partial charge in [0, 0.05) is 11.5 Å². The minimum absolute atomic E-state index is 0.0319. The fraction of sp³-hybridized carbons (Fsp3) is 0.111. The highest BCUT2D eigenvalue weighted by molar-refractivity contribution is 5.81. The molecular weight excluding hydrogens is 192 g/mol. The molecule has 2 aromatic rings. The van der Waals surface area contributed by atoms with Crippen LogP contribution in [0.1, 0.15) is 12.0 Å². The smallest absolute Gasteiger partial charge is 0.193 e. The summed E-state index contributed by atoms with van der Waals surface area (Å²) in [6.45, 7) is 0. The van der Waals surface area contributed by atoms with Crippen LogP contribution in [0.25, 0.3) is 10.9 Å². The lowest BCUT2D eigenvalue weighted by Gasteiger charge is -1.96. The highest BCUT2D eigenvalue weighted by Crippen LogP contribution is 2.22. The summed E-state index contributed by atoms with van der Waals surface area (Å²) in [4.78, 5) is 2.50. The van der Waals surface area contributed by atoms with Crippen molar-refractivity contribution >= 4 is 10.9 Å². The van der Waals surface area contributed by atoms with Gasteiger partial charge in [-0.15, -0.1) is 0 Å². The van der Waals surface area contributed by atoms with E-state index in [9.17, 15) is 8.78 Å². The fourth-order valence-corrected chi connectivity index (χ4v) is 1.32. The molecule has 1 aromatic heterocycles. The summed E-state index contributed by atoms with van der Waals surface area (Å²) in [5.41, 5.74) is 0.232. The van der Waals surface area contributed by atoms with Crippen LogP contribution in [0.3, 0.4) is 0 Å². The molecule has 14 heavy (non-hydrogen) atoms. The van der Waals surface area contributed by atoms with Gasteiger partial charge in [-0.1, -0.05) is 0 Å². The maximum Gasteiger partial charge on any atom is 0.193 e. The lowest BCUT2D eigenvalue weighted by molar-refractivity contribution is -0.0453. The Labute approximate surface area is 77.6 Å². The molecule has 1 aromatic carbocycles. The Hall–Kier alpha value is -1.46. The number of hydrogen-bond acceptors (Lipinski definition) is 2. The summed E-state index contributed by atoms with van der Waals surface area (Å²) in [7, 11) is 0. The molecule has 5 heteroatoms. The Bertz CT molecular complexity index is 479. The molecule has 0 unspecified atom stereocenters. The molecular formula is C9H7F2NO2. The average Bonchev–Trinajstić information content (AvgIpc) is 2.47. The van der Waals surface area contributed by atoms with Gasteiger partial charge in [0.1, 0.15) is 11.6 Å². The molecule has 0 aliphatic rings. The van der Waals surface area contributed by atoms with Crippen molar-refractivity contribution in [1.29, 1.82) is 0 Å². The third-order valence-electron chi connectivity index (χ3n) is 1.95. The van der Waals surface area contributed by atoms with Gasteiger partial charge < -0.3 is 15.2 Å². The van der Waals surface area contributed by atoms with E-state index in [4.69, 9.17) is 10.2 Å². The zero-order chi connectivity index (χ0) is 10.3. The van der Waals surface area contributed by atoms with Crippen molar-refractivity contribution in [3.05, 3.63) is 35.5 Å². The van der Waals surface area contributed by atoms with Gasteiger partial charge in [-0.05, 0) is 12.1 Å². The summed E-state index contributed by atoms with van der Waals surface area (Å²) in [5, 5.41) is 17.7. The first-order chi connectivity index (χ1) is 6.58. The van der Waals surface area contributed by atoms with E-state index in [-0.39, 0.29) is 16.6 Å². The second-order valence-electron chi connectivity index (χ2n) is 2.95. The zero-order valence-corrected chi connectivity index (χ0v) is 6.96. The molecule has 0 aliphatic heterocycles. The van der Waals surface area contributed by atoms with Crippen LogP contribution in [0.5, 0.6) is 0 Å². The molecule has 0 saturated heterocycles. The monoisotopic (exact) mass is 199 g/mol. The lowest BCUT2D eigenvalue weighted by atomic mass is 10.2. The number of fused-ring (bicyclic) bond motifs is 1. The molecule has 0 bridgehead atoms. The maximum atomic E-state index is 13.1. The fourth-order valence-electron chi connectivity index (χ4n) is 1.32. The quantitative estimate of drug-likeness (QED) is 0.608. The van der Waals surface area contributed by atoms with Crippen LogP contribution in [0.4, 0.5) is 8.78 Å². The normalized spacial score (nSPS) is 11.5. The highest BCUT2D eigenvalue weighted by atomic mass is 19.1. The standard InChI is InChI=1S/C9H7F2NO2/c10-4-1-6(11)5-3-8(9(13)14)12-7(5)2-4/h1-3,9,12-14H. The third kappa shape index (κ3) is 1.36. The summed E-state index contributed by atoms with van der Waals surface area (Å²) in [6, 6.07) is 3.06. The van der Waals surface area contributed by atoms with E-state index < -0.39 is 17.9 Å². The Kier molecular flexibility index (Phi) is 1.98. The first kappa shape index (κ1) is 9.11. The summed E-state index contributed by atoms with van der Waals surface area (Å²) < 4.78 is 25.8. The van der Waals surface area contributed by atoms with Gasteiger partial charge in [-0.3, -0.25) is 0 Å². The number of H-pyrrole nitrogens is 1. The van der Waals surface area contributed by atoms with Crippen LogP contribution in [0, 0.1) is 11.6 Å². The molecule has 1 heterocycles. The van der Waals surface area contributed by atoms with Crippen molar-refractivity contribution in [3.63, 3.8) is 0 Å². The number of halogens is 2. The molecule has 74 valence electrons. The highest BCUT2D eigenvalue weighted by Gasteiger charge is 2.11. The number of aliphatic hydroxyl groups is 2. The van der Waals surface area contributed by atoms with Crippen LogP contribution in [-0.4, -0.2) is 15.2 Å². The lowest BCUT2D eigenvalue weighted by Crippen LogP contribution is -1.93. The topological polar surface area (TPSA) is 56.2 Å². The van der Waals surface area contributed by atoms with Gasteiger partial charge in [0.2, 0.25) is 0 Å². The molecule has 0 spiro atoms. The van der Waals surface area contributed by atoms with Crippen molar-refractivity contribution < 1.29 is 19.0 Å². The summed E-state index contributed by atoms with van der Waals surface area (Å²) in [5.74, 6) is -1.45. The van der Waals surface area contributed by atoms with Crippen molar-refractivity contribution in [2.24, 2.45) is 0 Å². The Balaban J connectivity index is 2.70. The summed E-state index contributed by atoms with van der Waals surface area (Å²) >= 11 is 0. The van der Waals surface area contributed by atoms with E-state index in [1.807, 2.05) is 0 Å². The largest absolute Gasteiger partial charge is 0.363 e. The third-order valence-corrected chi connectivity index (χ3v) is 1.95. The Morgan fingerprint density at radius 3 is 2.50 bits per heavy atom. The first-order valence-corrected chi connectivity index (χ1v) is 3.92. The van der Waals surface area contributed by atoms with Crippen LogP contribution >= 0.6 is 0 Å². The van der Waals surface area contributed by atoms with Gasteiger partial charge >= 0.3 is 0 Å². The molecule has 0 amide bonds. The van der Waals surface area contributed by atoms with Crippen LogP contribution in [0.15, 0.2) is 18.2 Å². The molecule has 3 N–H and O–H groups in total. The van der Waals surface area contributed by atoms with Crippen molar-refractivity contribution in [2.45, 2.75) is 6.29 Å². The van der Waals surface area contributed by atoms with E-state index in [1.54, 1.807) is 0 Å². The minimum Gasteiger partial charge on any atom is -0.363 e. The SMILES string of the molecule is OC(O)c1cc2c(F)cc(F)cc2[nH]1. The van der Waals surface area contributed by atoms with Gasteiger partial charge in [0.25, 0.3) is 0 Å². The van der Waals surface area contributed by atoms with E-state index in [2.05, 4.69) is 4.98 Å². The van der Waals surface area contributed by atoms with Gasteiger partial charge in [-0.25, -0.2) is 8.78 Å². The van der Waals surface area contributed by atoms with Gasteiger partial charge in [-0.2, -0.15) is 0 Å². The molecule has 0 atom stereocenters. The van der Waals surface area contributed by atoms with Gasteiger partial charge in [0.05, 0.1) is 11.2 Å². The molecule has 0 saturated carbocycles. The number of aliphatic hydroxyl groups excluding tert-OH is 1. The van der Waals surface area contributed by atoms with Crippen molar-refractivity contribution in [3.8, 4) is 0 Å². The Morgan fingerprint density at radius 2 is 1.86 bits per heavy atom. The number of nitrogens with one attached hydrogen (secondary N) is 1. The van der Waals surface area contributed by atoms with E-state index >= 15 is 0 Å². The molecule has 0 fully saturated rings. The number of aromatic nitrogens is 1. The second kappa shape index (κ2) is 3.04. The van der Waals surface area contributed by atoms with Crippen molar-refractivity contribution in [2.75, 3.05) is 0 Å². The number of aromatic amines is 1. The number of rotatable bonds is 1. The maximum absolute atomic E-state index is 13.1. The molecule has 0 aliphatic carbocycles.